The van der Waals surface area contributed by atoms with Crippen molar-refractivity contribution in [1.82, 2.24) is 19.8 Å². The predicted molar refractivity (Wildman–Crippen MR) is 81.4 cm³/mol. The quantitative estimate of drug-likeness (QED) is 0.802. The highest BCUT2D eigenvalue weighted by Crippen LogP contribution is 2.23. The van der Waals surface area contributed by atoms with Gasteiger partial charge in [0.05, 0.1) is 11.1 Å². The van der Waals surface area contributed by atoms with E-state index >= 15 is 0 Å². The standard InChI is InChI=1S/C13H18N4O2S2/c1-17-8-10(5-15-17)6-16-21(18,19)13-4-12(20-9-13)7-14-11-2-3-11/h4-5,8-9,11,14,16H,2-3,6-7H2,1H3. The number of hydrogen-bond donors (Lipinski definition) is 2. The van der Waals surface area contributed by atoms with E-state index in [2.05, 4.69) is 15.1 Å². The summed E-state index contributed by atoms with van der Waals surface area (Å²) in [5.74, 6) is 0. The second-order valence-corrected chi connectivity index (χ2v) is 8.01. The van der Waals surface area contributed by atoms with Crippen LogP contribution in [-0.4, -0.2) is 24.2 Å². The van der Waals surface area contributed by atoms with Crippen LogP contribution in [-0.2, 0) is 30.2 Å². The summed E-state index contributed by atoms with van der Waals surface area (Å²) >= 11 is 1.47. The van der Waals surface area contributed by atoms with Crippen molar-refractivity contribution in [3.63, 3.8) is 0 Å². The van der Waals surface area contributed by atoms with E-state index in [-0.39, 0.29) is 6.54 Å². The van der Waals surface area contributed by atoms with E-state index in [1.54, 1.807) is 35.6 Å². The molecule has 2 aromatic heterocycles. The van der Waals surface area contributed by atoms with Crippen LogP contribution in [0.3, 0.4) is 0 Å². The molecule has 0 saturated heterocycles. The van der Waals surface area contributed by atoms with Crippen LogP contribution in [0.1, 0.15) is 23.3 Å². The number of aryl methyl sites for hydroxylation is 1. The molecule has 0 radical (unpaired) electrons. The molecule has 6 nitrogen and oxygen atoms in total. The van der Waals surface area contributed by atoms with Crippen LogP contribution in [0.4, 0.5) is 0 Å². The van der Waals surface area contributed by atoms with Crippen LogP contribution < -0.4 is 10.0 Å². The maximum Gasteiger partial charge on any atom is 0.241 e. The van der Waals surface area contributed by atoms with Crippen molar-refractivity contribution in [2.45, 2.75) is 36.9 Å². The summed E-state index contributed by atoms with van der Waals surface area (Å²) in [5, 5.41) is 9.09. The molecule has 1 aliphatic carbocycles. The highest BCUT2D eigenvalue weighted by Gasteiger charge is 2.21. The topological polar surface area (TPSA) is 76.0 Å². The predicted octanol–water partition coefficient (Wildman–Crippen LogP) is 1.21. The second kappa shape index (κ2) is 5.88. The van der Waals surface area contributed by atoms with E-state index in [1.165, 1.54) is 24.2 Å². The van der Waals surface area contributed by atoms with Crippen LogP contribution >= 0.6 is 11.3 Å². The first-order chi connectivity index (χ1) is 10.0. The Morgan fingerprint density at radius 3 is 2.90 bits per heavy atom. The normalized spacial score (nSPS) is 15.5. The Bertz CT molecular complexity index is 716. The van der Waals surface area contributed by atoms with E-state index in [4.69, 9.17) is 0 Å². The zero-order valence-electron chi connectivity index (χ0n) is 11.7. The average molecular weight is 326 g/mol. The number of sulfonamides is 1. The van der Waals surface area contributed by atoms with Crippen molar-refractivity contribution in [1.29, 1.82) is 0 Å². The lowest BCUT2D eigenvalue weighted by Gasteiger charge is -2.03. The number of rotatable bonds is 7. The molecule has 1 saturated carbocycles. The lowest BCUT2D eigenvalue weighted by molar-refractivity contribution is 0.581. The fourth-order valence-corrected chi connectivity index (χ4v) is 4.19. The number of hydrogen-bond acceptors (Lipinski definition) is 5. The first kappa shape index (κ1) is 14.7. The van der Waals surface area contributed by atoms with Gasteiger partial charge in [-0.05, 0) is 18.9 Å². The van der Waals surface area contributed by atoms with E-state index in [9.17, 15) is 8.42 Å². The Hall–Kier alpha value is -1.22. The molecule has 114 valence electrons. The highest BCUT2D eigenvalue weighted by atomic mass is 32.2. The number of thiophene rings is 1. The Labute approximate surface area is 128 Å². The van der Waals surface area contributed by atoms with Gasteiger partial charge in [-0.25, -0.2) is 13.1 Å². The zero-order valence-corrected chi connectivity index (χ0v) is 13.4. The van der Waals surface area contributed by atoms with Crippen LogP contribution in [0.2, 0.25) is 0 Å². The summed E-state index contributed by atoms with van der Waals surface area (Å²) in [5.41, 5.74) is 0.840. The molecular weight excluding hydrogens is 308 g/mol. The number of nitrogens with one attached hydrogen (secondary N) is 2. The Morgan fingerprint density at radius 1 is 1.43 bits per heavy atom. The van der Waals surface area contributed by atoms with E-state index < -0.39 is 10.0 Å². The van der Waals surface area contributed by atoms with Gasteiger partial charge in [0.2, 0.25) is 10.0 Å². The van der Waals surface area contributed by atoms with Gasteiger partial charge < -0.3 is 5.32 Å². The lowest BCUT2D eigenvalue weighted by atomic mass is 10.4. The van der Waals surface area contributed by atoms with E-state index in [1.807, 2.05) is 0 Å². The minimum Gasteiger partial charge on any atom is -0.309 e. The first-order valence-corrected chi connectivity index (χ1v) is 9.17. The molecule has 1 aliphatic rings. The van der Waals surface area contributed by atoms with Gasteiger partial charge in [-0.15, -0.1) is 11.3 Å². The average Bonchev–Trinajstić information content (AvgIpc) is 2.97. The van der Waals surface area contributed by atoms with Crippen molar-refractivity contribution >= 4 is 21.4 Å². The smallest absolute Gasteiger partial charge is 0.241 e. The number of aromatic nitrogens is 2. The minimum atomic E-state index is -3.46. The molecule has 0 aliphatic heterocycles. The van der Waals surface area contributed by atoms with Gasteiger partial charge in [-0.2, -0.15) is 5.10 Å². The zero-order chi connectivity index (χ0) is 14.9. The van der Waals surface area contributed by atoms with E-state index in [0.717, 1.165) is 17.0 Å². The summed E-state index contributed by atoms with van der Waals surface area (Å²) in [6, 6.07) is 2.36. The van der Waals surface area contributed by atoms with Crippen molar-refractivity contribution < 1.29 is 8.42 Å². The van der Waals surface area contributed by atoms with E-state index in [0.29, 0.717) is 10.9 Å². The third kappa shape index (κ3) is 3.91. The highest BCUT2D eigenvalue weighted by molar-refractivity contribution is 7.89. The fraction of sp³-hybridized carbons (Fsp3) is 0.462. The maximum absolute atomic E-state index is 12.2. The Balaban J connectivity index is 1.60. The minimum absolute atomic E-state index is 0.252. The SMILES string of the molecule is Cn1cc(CNS(=O)(=O)c2csc(CNC3CC3)c2)cn1. The molecule has 0 aromatic carbocycles. The molecule has 0 atom stereocenters. The largest absolute Gasteiger partial charge is 0.309 e. The molecule has 2 heterocycles. The molecule has 0 amide bonds. The van der Waals surface area contributed by atoms with Gasteiger partial charge in [0.1, 0.15) is 0 Å². The van der Waals surface area contributed by atoms with Crippen LogP contribution in [0.5, 0.6) is 0 Å². The molecular formula is C13H18N4O2S2. The lowest BCUT2D eigenvalue weighted by Crippen LogP contribution is -2.22. The summed E-state index contributed by atoms with van der Waals surface area (Å²) in [4.78, 5) is 1.38. The van der Waals surface area contributed by atoms with Crippen LogP contribution in [0.25, 0.3) is 0 Å². The molecule has 2 aromatic rings. The van der Waals surface area contributed by atoms with Gasteiger partial charge >= 0.3 is 0 Å². The molecule has 3 rings (SSSR count). The monoisotopic (exact) mass is 326 g/mol. The van der Waals surface area contributed by atoms with Crippen LogP contribution in [0, 0.1) is 0 Å². The molecule has 8 heteroatoms. The Kier molecular flexibility index (Phi) is 4.12. The van der Waals surface area contributed by atoms with Crippen molar-refractivity contribution in [2.24, 2.45) is 7.05 Å². The van der Waals surface area contributed by atoms with Crippen molar-refractivity contribution in [2.75, 3.05) is 0 Å². The molecule has 2 N–H and O–H groups in total. The molecule has 0 unspecified atom stereocenters. The third-order valence-electron chi connectivity index (χ3n) is 3.31. The van der Waals surface area contributed by atoms with Gasteiger partial charge in [-0.1, -0.05) is 0 Å². The molecule has 21 heavy (non-hydrogen) atoms. The third-order valence-corrected chi connectivity index (χ3v) is 5.77. The van der Waals surface area contributed by atoms with Gasteiger partial charge in [0.25, 0.3) is 0 Å². The summed E-state index contributed by atoms with van der Waals surface area (Å²) in [6.45, 7) is 0.995. The Morgan fingerprint density at radius 2 is 2.24 bits per heavy atom. The molecule has 0 spiro atoms. The van der Waals surface area contributed by atoms with Gasteiger partial charge in [0, 0.05) is 48.2 Å². The summed E-state index contributed by atoms with van der Waals surface area (Å²) in [7, 11) is -1.65. The van der Waals surface area contributed by atoms with Gasteiger partial charge in [0.15, 0.2) is 0 Å². The molecule has 1 fully saturated rings. The summed E-state index contributed by atoms with van der Waals surface area (Å²) < 4.78 is 28.7. The fourth-order valence-electron chi connectivity index (χ4n) is 1.95. The number of nitrogens with zero attached hydrogens (tertiary/aromatic N) is 2. The summed E-state index contributed by atoms with van der Waals surface area (Å²) in [6.07, 6.45) is 5.90. The van der Waals surface area contributed by atoms with Crippen LogP contribution in [0.15, 0.2) is 28.7 Å². The van der Waals surface area contributed by atoms with Gasteiger partial charge in [-0.3, -0.25) is 4.68 Å². The molecule has 0 bridgehead atoms. The second-order valence-electron chi connectivity index (χ2n) is 5.25. The van der Waals surface area contributed by atoms with Crippen molar-refractivity contribution in [3.05, 3.63) is 34.3 Å². The maximum atomic E-state index is 12.2. The van der Waals surface area contributed by atoms with Crippen molar-refractivity contribution in [3.8, 4) is 0 Å². The first-order valence-electron chi connectivity index (χ1n) is 6.81.